The van der Waals surface area contributed by atoms with Gasteiger partial charge in [-0.3, -0.25) is 0 Å². The number of carbonyl (C=O) groups is 2. The van der Waals surface area contributed by atoms with Gasteiger partial charge in [0.2, 0.25) is 0 Å². The SMILES string of the molecule is C=C(C)C(=O)OCCC1CCC(Cc2ccc(CC3CCC(CCOC(=O)C(=C)C)C(C)C3C)c(C)c2C)C(C)C1C. The van der Waals surface area contributed by atoms with Crippen LogP contribution in [0.15, 0.2) is 36.4 Å². The molecule has 0 saturated heterocycles. The van der Waals surface area contributed by atoms with Gasteiger partial charge in [0, 0.05) is 11.1 Å². The first-order valence-corrected chi connectivity index (χ1v) is 16.5. The van der Waals surface area contributed by atoms with Gasteiger partial charge in [0.25, 0.3) is 0 Å². The van der Waals surface area contributed by atoms with E-state index in [0.29, 0.717) is 71.7 Å². The Morgan fingerprint density at radius 1 is 0.643 bits per heavy atom. The molecule has 0 bridgehead atoms. The summed E-state index contributed by atoms with van der Waals surface area (Å²) in [7, 11) is 0. The first-order valence-electron chi connectivity index (χ1n) is 16.5. The van der Waals surface area contributed by atoms with Crippen LogP contribution in [0.25, 0.3) is 0 Å². The second-order valence-corrected chi connectivity index (χ2v) is 14.1. The molecule has 0 aliphatic heterocycles. The lowest BCUT2D eigenvalue weighted by molar-refractivity contribution is -0.140. The molecule has 1 aromatic rings. The van der Waals surface area contributed by atoms with Crippen LogP contribution in [0.2, 0.25) is 0 Å². The Labute approximate surface area is 256 Å². The fourth-order valence-electron chi connectivity index (χ4n) is 7.81. The molecule has 0 heterocycles. The maximum absolute atomic E-state index is 11.8. The number of ether oxygens (including phenoxy) is 2. The minimum absolute atomic E-state index is 0.269. The Bertz CT molecular complexity index is 1030. The lowest BCUT2D eigenvalue weighted by atomic mass is 9.65. The molecule has 0 N–H and O–H groups in total. The first-order chi connectivity index (χ1) is 19.8. The Morgan fingerprint density at radius 3 is 1.29 bits per heavy atom. The quantitative estimate of drug-likeness (QED) is 0.183. The van der Waals surface area contributed by atoms with E-state index in [1.807, 2.05) is 0 Å². The lowest BCUT2D eigenvalue weighted by Gasteiger charge is -2.41. The summed E-state index contributed by atoms with van der Waals surface area (Å²) >= 11 is 0. The van der Waals surface area contributed by atoms with Gasteiger partial charge in [-0.15, -0.1) is 0 Å². The van der Waals surface area contributed by atoms with Crippen LogP contribution < -0.4 is 0 Å². The van der Waals surface area contributed by atoms with Gasteiger partial charge in [-0.1, -0.05) is 53.0 Å². The van der Waals surface area contributed by atoms with Crippen molar-refractivity contribution >= 4 is 11.9 Å². The molecule has 0 radical (unpaired) electrons. The van der Waals surface area contributed by atoms with Gasteiger partial charge >= 0.3 is 11.9 Å². The van der Waals surface area contributed by atoms with Crippen LogP contribution >= 0.6 is 0 Å². The van der Waals surface area contributed by atoms with E-state index < -0.39 is 0 Å². The lowest BCUT2D eigenvalue weighted by Crippen LogP contribution is -2.33. The van der Waals surface area contributed by atoms with Crippen LogP contribution in [-0.4, -0.2) is 25.2 Å². The van der Waals surface area contributed by atoms with E-state index in [0.717, 1.165) is 25.7 Å². The molecule has 4 nitrogen and oxygen atoms in total. The number of hydrogen-bond donors (Lipinski definition) is 0. The zero-order chi connectivity index (χ0) is 31.1. The van der Waals surface area contributed by atoms with E-state index in [9.17, 15) is 9.59 Å². The second-order valence-electron chi connectivity index (χ2n) is 14.1. The van der Waals surface area contributed by atoms with Crippen LogP contribution in [0.4, 0.5) is 0 Å². The molecule has 234 valence electrons. The minimum Gasteiger partial charge on any atom is -0.462 e. The van der Waals surface area contributed by atoms with Crippen molar-refractivity contribution in [2.24, 2.45) is 47.3 Å². The van der Waals surface area contributed by atoms with Crippen LogP contribution in [0.5, 0.6) is 0 Å². The molecule has 2 fully saturated rings. The van der Waals surface area contributed by atoms with Crippen molar-refractivity contribution in [2.45, 2.75) is 107 Å². The number of esters is 2. The third-order valence-corrected chi connectivity index (χ3v) is 11.6. The van der Waals surface area contributed by atoms with Gasteiger partial charge in [-0.05, 0) is 149 Å². The summed E-state index contributed by atoms with van der Waals surface area (Å²) in [6, 6.07) is 4.85. The van der Waals surface area contributed by atoms with Crippen LogP contribution in [0.3, 0.4) is 0 Å². The van der Waals surface area contributed by atoms with Crippen molar-refractivity contribution in [3.05, 3.63) is 58.7 Å². The van der Waals surface area contributed by atoms with Crippen LogP contribution in [0, 0.1) is 61.2 Å². The van der Waals surface area contributed by atoms with Crippen LogP contribution in [-0.2, 0) is 31.9 Å². The smallest absolute Gasteiger partial charge is 0.333 e. The van der Waals surface area contributed by atoms with Gasteiger partial charge in [-0.2, -0.15) is 0 Å². The number of hydrogen-bond acceptors (Lipinski definition) is 4. The fourth-order valence-corrected chi connectivity index (χ4v) is 7.81. The third kappa shape index (κ3) is 8.60. The Balaban J connectivity index is 1.54. The zero-order valence-corrected chi connectivity index (χ0v) is 27.9. The molecule has 3 rings (SSSR count). The molecular formula is C38H58O4. The van der Waals surface area contributed by atoms with Gasteiger partial charge in [0.1, 0.15) is 0 Å². The average Bonchev–Trinajstić information content (AvgIpc) is 2.95. The van der Waals surface area contributed by atoms with Crippen molar-refractivity contribution < 1.29 is 19.1 Å². The Hall–Kier alpha value is -2.36. The third-order valence-electron chi connectivity index (χ3n) is 11.6. The molecule has 4 heteroatoms. The molecule has 2 saturated carbocycles. The van der Waals surface area contributed by atoms with Crippen molar-refractivity contribution in [2.75, 3.05) is 13.2 Å². The normalized spacial score (nSPS) is 29.5. The summed E-state index contributed by atoms with van der Waals surface area (Å²) in [5, 5.41) is 0. The summed E-state index contributed by atoms with van der Waals surface area (Å²) < 4.78 is 10.8. The molecule has 8 atom stereocenters. The summed E-state index contributed by atoms with van der Waals surface area (Å²) in [5.74, 6) is 4.66. The van der Waals surface area contributed by atoms with Crippen molar-refractivity contribution in [1.82, 2.24) is 0 Å². The summed E-state index contributed by atoms with van der Waals surface area (Å²) in [6.07, 6.45) is 9.13. The van der Waals surface area contributed by atoms with Crippen molar-refractivity contribution in [1.29, 1.82) is 0 Å². The molecule has 2 aliphatic rings. The van der Waals surface area contributed by atoms with Crippen LogP contribution in [0.1, 0.15) is 102 Å². The number of benzene rings is 1. The average molecular weight is 579 g/mol. The standard InChI is InChI=1S/C38H58O4/c1-23(2)37(39)41-19-17-31-11-13-33(27(7)25(31)5)21-35-15-16-36(30(10)29(35)9)22-34-14-12-32(26(6)28(34)8)18-20-42-38(40)24(3)4/h15-16,25-28,31-34H,1,3,11-14,17-22H2,2,4-10H3. The number of rotatable bonds is 12. The highest BCUT2D eigenvalue weighted by Crippen LogP contribution is 2.44. The molecule has 0 spiro atoms. The topological polar surface area (TPSA) is 52.6 Å². The van der Waals surface area contributed by atoms with E-state index in [1.54, 1.807) is 13.8 Å². The highest BCUT2D eigenvalue weighted by Gasteiger charge is 2.36. The largest absolute Gasteiger partial charge is 0.462 e. The molecule has 42 heavy (non-hydrogen) atoms. The predicted molar refractivity (Wildman–Crippen MR) is 173 cm³/mol. The Kier molecular flexibility index (Phi) is 12.5. The molecule has 8 unspecified atom stereocenters. The zero-order valence-electron chi connectivity index (χ0n) is 27.9. The van der Waals surface area contributed by atoms with Gasteiger partial charge in [0.05, 0.1) is 13.2 Å². The summed E-state index contributed by atoms with van der Waals surface area (Å²) in [6.45, 7) is 26.1. The van der Waals surface area contributed by atoms with E-state index in [4.69, 9.17) is 9.47 Å². The maximum atomic E-state index is 11.8. The highest BCUT2D eigenvalue weighted by molar-refractivity contribution is 5.87. The highest BCUT2D eigenvalue weighted by atomic mass is 16.5. The van der Waals surface area contributed by atoms with Gasteiger partial charge in [0.15, 0.2) is 0 Å². The number of carbonyl (C=O) groups excluding carboxylic acids is 2. The molecular weight excluding hydrogens is 520 g/mol. The maximum Gasteiger partial charge on any atom is 0.333 e. The minimum atomic E-state index is -0.269. The Morgan fingerprint density at radius 2 is 0.952 bits per heavy atom. The molecule has 0 amide bonds. The second kappa shape index (κ2) is 15.4. The van der Waals surface area contributed by atoms with E-state index in [1.165, 1.54) is 47.9 Å². The van der Waals surface area contributed by atoms with E-state index in [2.05, 4.69) is 66.8 Å². The summed E-state index contributed by atoms with van der Waals surface area (Å²) in [5.41, 5.74) is 6.95. The van der Waals surface area contributed by atoms with Crippen molar-refractivity contribution in [3.63, 3.8) is 0 Å². The summed E-state index contributed by atoms with van der Waals surface area (Å²) in [4.78, 5) is 23.5. The monoisotopic (exact) mass is 578 g/mol. The fraction of sp³-hybridized carbons (Fsp3) is 0.684. The molecule has 0 aromatic heterocycles. The first kappa shape index (κ1) is 34.1. The molecule has 1 aromatic carbocycles. The van der Waals surface area contributed by atoms with E-state index in [-0.39, 0.29) is 11.9 Å². The van der Waals surface area contributed by atoms with Gasteiger partial charge < -0.3 is 9.47 Å². The molecule has 2 aliphatic carbocycles. The van der Waals surface area contributed by atoms with E-state index >= 15 is 0 Å². The van der Waals surface area contributed by atoms with Crippen molar-refractivity contribution in [3.8, 4) is 0 Å². The predicted octanol–water partition coefficient (Wildman–Crippen LogP) is 9.00. The van der Waals surface area contributed by atoms with Gasteiger partial charge in [-0.25, -0.2) is 9.59 Å².